The first kappa shape index (κ1) is 22.5. The molecule has 1 saturated carbocycles. The minimum atomic E-state index is -0.259. The van der Waals surface area contributed by atoms with Crippen LogP contribution in [-0.4, -0.2) is 37.6 Å². The van der Waals surface area contributed by atoms with E-state index in [9.17, 15) is 9.59 Å². The molecule has 7 nitrogen and oxygen atoms in total. The summed E-state index contributed by atoms with van der Waals surface area (Å²) in [5, 5.41) is 9.02. The Labute approximate surface area is 183 Å². The lowest BCUT2D eigenvalue weighted by Gasteiger charge is -2.16. The van der Waals surface area contributed by atoms with Crippen molar-refractivity contribution in [3.8, 4) is 11.5 Å². The number of rotatable bonds is 10. The van der Waals surface area contributed by atoms with Crippen molar-refractivity contribution in [2.45, 2.75) is 45.6 Å². The van der Waals surface area contributed by atoms with Gasteiger partial charge >= 0.3 is 0 Å². The van der Waals surface area contributed by atoms with Crippen LogP contribution in [0.5, 0.6) is 11.5 Å². The first-order chi connectivity index (χ1) is 15.1. The number of benzene rings is 2. The van der Waals surface area contributed by atoms with Gasteiger partial charge in [-0.2, -0.15) is 0 Å². The molecule has 0 radical (unpaired) electrons. The van der Waals surface area contributed by atoms with Gasteiger partial charge in [-0.15, -0.1) is 0 Å². The molecule has 0 heterocycles. The number of hydrogen-bond acceptors (Lipinski definition) is 5. The van der Waals surface area contributed by atoms with E-state index in [0.717, 1.165) is 25.7 Å². The molecular weight excluding hydrogens is 394 g/mol. The SMILES string of the molecule is CCOc1ccc(OCC)c(NCC(=O)Nc2ccccc2C(=O)NC2CCCC2)c1. The van der Waals surface area contributed by atoms with Gasteiger partial charge in [0.05, 0.1) is 36.7 Å². The minimum absolute atomic E-state index is 0.0221. The largest absolute Gasteiger partial charge is 0.494 e. The molecule has 0 aromatic heterocycles. The summed E-state index contributed by atoms with van der Waals surface area (Å²) in [4.78, 5) is 25.3. The van der Waals surface area contributed by atoms with E-state index in [1.54, 1.807) is 24.3 Å². The Kier molecular flexibility index (Phi) is 8.15. The number of para-hydroxylation sites is 1. The zero-order chi connectivity index (χ0) is 22.1. The Morgan fingerprint density at radius 3 is 2.45 bits per heavy atom. The summed E-state index contributed by atoms with van der Waals surface area (Å²) >= 11 is 0. The van der Waals surface area contributed by atoms with E-state index in [0.29, 0.717) is 41.7 Å². The molecule has 2 amide bonds. The number of carbonyl (C=O) groups is 2. The van der Waals surface area contributed by atoms with E-state index in [1.807, 2.05) is 32.0 Å². The van der Waals surface area contributed by atoms with Gasteiger partial charge in [0.2, 0.25) is 5.91 Å². The molecule has 3 rings (SSSR count). The van der Waals surface area contributed by atoms with Gasteiger partial charge in [-0.3, -0.25) is 9.59 Å². The summed E-state index contributed by atoms with van der Waals surface area (Å²) in [6, 6.07) is 12.7. The molecule has 0 spiro atoms. The predicted octanol–water partition coefficient (Wildman–Crippen LogP) is 4.21. The van der Waals surface area contributed by atoms with E-state index in [2.05, 4.69) is 16.0 Å². The fourth-order valence-electron chi connectivity index (χ4n) is 3.68. The van der Waals surface area contributed by atoms with Crippen LogP contribution in [0.2, 0.25) is 0 Å². The standard InChI is InChI=1S/C24H31N3O4/c1-3-30-18-13-14-22(31-4-2)21(15-18)25-16-23(28)27-20-12-8-7-11-19(20)24(29)26-17-9-5-6-10-17/h7-8,11-15,17,25H,3-6,9-10,16H2,1-2H3,(H,26,29)(H,27,28). The minimum Gasteiger partial charge on any atom is -0.494 e. The predicted molar refractivity (Wildman–Crippen MR) is 122 cm³/mol. The third-order valence-corrected chi connectivity index (χ3v) is 5.14. The lowest BCUT2D eigenvalue weighted by Crippen LogP contribution is -2.33. The molecule has 0 atom stereocenters. The van der Waals surface area contributed by atoms with Crippen LogP contribution in [0, 0.1) is 0 Å². The molecular formula is C24H31N3O4. The number of ether oxygens (including phenoxy) is 2. The normalized spacial score (nSPS) is 13.5. The maximum atomic E-state index is 12.7. The smallest absolute Gasteiger partial charge is 0.253 e. The van der Waals surface area contributed by atoms with E-state index >= 15 is 0 Å². The molecule has 2 aromatic rings. The maximum absolute atomic E-state index is 12.7. The Balaban J connectivity index is 1.63. The van der Waals surface area contributed by atoms with Crippen molar-refractivity contribution in [3.63, 3.8) is 0 Å². The number of nitrogens with one attached hydrogen (secondary N) is 3. The summed E-state index contributed by atoms with van der Waals surface area (Å²) in [5.74, 6) is 0.932. The first-order valence-electron chi connectivity index (χ1n) is 10.9. The highest BCUT2D eigenvalue weighted by Gasteiger charge is 2.20. The van der Waals surface area contributed by atoms with Crippen LogP contribution in [-0.2, 0) is 4.79 Å². The van der Waals surface area contributed by atoms with Gasteiger partial charge < -0.3 is 25.4 Å². The van der Waals surface area contributed by atoms with Crippen molar-refractivity contribution in [1.82, 2.24) is 5.32 Å². The second-order valence-electron chi connectivity index (χ2n) is 7.43. The van der Waals surface area contributed by atoms with Gasteiger partial charge in [0.15, 0.2) is 0 Å². The molecule has 0 saturated heterocycles. The third-order valence-electron chi connectivity index (χ3n) is 5.14. The molecule has 2 aromatic carbocycles. The van der Waals surface area contributed by atoms with Crippen molar-refractivity contribution in [2.75, 3.05) is 30.4 Å². The van der Waals surface area contributed by atoms with Crippen LogP contribution in [0.3, 0.4) is 0 Å². The van der Waals surface area contributed by atoms with E-state index < -0.39 is 0 Å². The van der Waals surface area contributed by atoms with E-state index in [-0.39, 0.29) is 24.4 Å². The molecule has 1 aliphatic rings. The number of anilines is 2. The third kappa shape index (κ3) is 6.38. The fourth-order valence-corrected chi connectivity index (χ4v) is 3.68. The van der Waals surface area contributed by atoms with Crippen LogP contribution >= 0.6 is 0 Å². The highest BCUT2D eigenvalue weighted by molar-refractivity contribution is 6.04. The summed E-state index contributed by atoms with van der Waals surface area (Å²) in [6.07, 6.45) is 4.30. The molecule has 31 heavy (non-hydrogen) atoms. The fraction of sp³-hybridized carbons (Fsp3) is 0.417. The van der Waals surface area contributed by atoms with Crippen LogP contribution in [0.25, 0.3) is 0 Å². The zero-order valence-electron chi connectivity index (χ0n) is 18.2. The number of amides is 2. The van der Waals surface area contributed by atoms with Gasteiger partial charge in [0, 0.05) is 12.1 Å². The molecule has 7 heteroatoms. The summed E-state index contributed by atoms with van der Waals surface area (Å²) in [7, 11) is 0. The molecule has 0 aliphatic heterocycles. The van der Waals surface area contributed by atoms with Gasteiger partial charge in [0.25, 0.3) is 5.91 Å². The Morgan fingerprint density at radius 2 is 1.71 bits per heavy atom. The molecule has 3 N–H and O–H groups in total. The first-order valence-corrected chi connectivity index (χ1v) is 10.9. The quantitative estimate of drug-likeness (QED) is 0.531. The average molecular weight is 426 g/mol. The van der Waals surface area contributed by atoms with Crippen LogP contribution in [0.4, 0.5) is 11.4 Å². The summed E-state index contributed by atoms with van der Waals surface area (Å²) in [5.41, 5.74) is 1.64. The number of carbonyl (C=O) groups excluding carboxylic acids is 2. The van der Waals surface area contributed by atoms with Crippen LogP contribution in [0.1, 0.15) is 49.9 Å². The topological polar surface area (TPSA) is 88.7 Å². The molecule has 0 bridgehead atoms. The molecule has 166 valence electrons. The van der Waals surface area contributed by atoms with Crippen LogP contribution in [0.15, 0.2) is 42.5 Å². The maximum Gasteiger partial charge on any atom is 0.253 e. The van der Waals surface area contributed by atoms with Gasteiger partial charge in [-0.1, -0.05) is 25.0 Å². The number of hydrogen-bond donors (Lipinski definition) is 3. The van der Waals surface area contributed by atoms with Crippen molar-refractivity contribution >= 4 is 23.2 Å². The highest BCUT2D eigenvalue weighted by atomic mass is 16.5. The molecule has 0 unspecified atom stereocenters. The van der Waals surface area contributed by atoms with Gasteiger partial charge in [-0.05, 0) is 51.0 Å². The van der Waals surface area contributed by atoms with Gasteiger partial charge in [-0.25, -0.2) is 0 Å². The Bertz CT molecular complexity index is 894. The van der Waals surface area contributed by atoms with Crippen LogP contribution < -0.4 is 25.4 Å². The lowest BCUT2D eigenvalue weighted by atomic mass is 10.1. The summed E-state index contributed by atoms with van der Waals surface area (Å²) < 4.78 is 11.2. The monoisotopic (exact) mass is 425 g/mol. The Hall–Kier alpha value is -3.22. The second-order valence-corrected chi connectivity index (χ2v) is 7.43. The second kappa shape index (κ2) is 11.2. The molecule has 1 aliphatic carbocycles. The molecule has 1 fully saturated rings. The summed E-state index contributed by atoms with van der Waals surface area (Å²) in [6.45, 7) is 4.90. The van der Waals surface area contributed by atoms with Crippen molar-refractivity contribution < 1.29 is 19.1 Å². The van der Waals surface area contributed by atoms with Gasteiger partial charge in [0.1, 0.15) is 11.5 Å². The van der Waals surface area contributed by atoms with Crippen molar-refractivity contribution in [3.05, 3.63) is 48.0 Å². The highest BCUT2D eigenvalue weighted by Crippen LogP contribution is 2.29. The lowest BCUT2D eigenvalue weighted by molar-refractivity contribution is -0.114. The Morgan fingerprint density at radius 1 is 0.968 bits per heavy atom. The van der Waals surface area contributed by atoms with E-state index in [1.165, 1.54) is 0 Å². The van der Waals surface area contributed by atoms with Crippen molar-refractivity contribution in [1.29, 1.82) is 0 Å². The van der Waals surface area contributed by atoms with Crippen molar-refractivity contribution in [2.24, 2.45) is 0 Å². The average Bonchev–Trinajstić information content (AvgIpc) is 3.27. The zero-order valence-corrected chi connectivity index (χ0v) is 18.2. The van der Waals surface area contributed by atoms with E-state index in [4.69, 9.17) is 9.47 Å².